The fourth-order valence-electron chi connectivity index (χ4n) is 1.65. The minimum absolute atomic E-state index is 0.261. The fourth-order valence-corrected chi connectivity index (χ4v) is 1.65. The summed E-state index contributed by atoms with van der Waals surface area (Å²) in [5.74, 6) is -2.08. The van der Waals surface area contributed by atoms with Crippen molar-refractivity contribution in [2.45, 2.75) is 12.3 Å². The zero-order chi connectivity index (χ0) is 10.1. The van der Waals surface area contributed by atoms with Crippen LogP contribution in [0, 0.1) is 0 Å². The summed E-state index contributed by atoms with van der Waals surface area (Å²) < 4.78 is 0. The average molecular weight is 190 g/mol. The Morgan fingerprint density at radius 3 is 2.86 bits per heavy atom. The minimum Gasteiger partial charge on any atom is -0.550 e. The van der Waals surface area contributed by atoms with E-state index < -0.39 is 11.9 Å². The Morgan fingerprint density at radius 1 is 1.43 bits per heavy atom. The molecular weight excluding hydrogens is 182 g/mol. The predicted molar refractivity (Wildman–Crippen MR) is 47.4 cm³/mol. The molecule has 0 saturated heterocycles. The van der Waals surface area contributed by atoms with Crippen molar-refractivity contribution in [2.24, 2.45) is 0 Å². The predicted octanol–water partition coefficient (Wildman–Crippen LogP) is -0.138. The lowest BCUT2D eigenvalue weighted by Gasteiger charge is -2.08. The molecule has 0 fully saturated rings. The van der Waals surface area contributed by atoms with Crippen LogP contribution in [-0.4, -0.2) is 11.9 Å². The normalized spacial score (nSPS) is 18.9. The van der Waals surface area contributed by atoms with E-state index >= 15 is 0 Å². The van der Waals surface area contributed by atoms with Crippen molar-refractivity contribution in [1.29, 1.82) is 0 Å². The number of hydrogen-bond donors (Lipinski definition) is 1. The molecule has 1 aromatic carbocycles. The highest BCUT2D eigenvalue weighted by Crippen LogP contribution is 2.33. The molecule has 1 aliphatic heterocycles. The number of carboxylic acid groups (broad SMARTS) is 1. The van der Waals surface area contributed by atoms with Gasteiger partial charge in [-0.1, -0.05) is 18.2 Å². The largest absolute Gasteiger partial charge is 0.550 e. The molecule has 4 heteroatoms. The topological polar surface area (TPSA) is 69.2 Å². The van der Waals surface area contributed by atoms with E-state index in [-0.39, 0.29) is 12.3 Å². The summed E-state index contributed by atoms with van der Waals surface area (Å²) in [5.41, 5.74) is 1.44. The maximum Gasteiger partial charge on any atom is 0.232 e. The van der Waals surface area contributed by atoms with Crippen molar-refractivity contribution < 1.29 is 14.7 Å². The van der Waals surface area contributed by atoms with Gasteiger partial charge < -0.3 is 15.2 Å². The van der Waals surface area contributed by atoms with Gasteiger partial charge in [-0.05, 0) is 11.6 Å². The van der Waals surface area contributed by atoms with Crippen LogP contribution in [0.4, 0.5) is 5.69 Å². The molecule has 0 spiro atoms. The summed E-state index contributed by atoms with van der Waals surface area (Å²) in [4.78, 5) is 21.8. The molecular formula is C10H8NO3-. The molecule has 1 aliphatic rings. The second kappa shape index (κ2) is 3.14. The number of para-hydroxylation sites is 1. The van der Waals surface area contributed by atoms with E-state index in [0.29, 0.717) is 5.69 Å². The third-order valence-corrected chi connectivity index (χ3v) is 2.28. The molecule has 1 aromatic rings. The number of carboxylic acids is 1. The van der Waals surface area contributed by atoms with Crippen LogP contribution >= 0.6 is 0 Å². The molecule has 1 atom stereocenters. The van der Waals surface area contributed by atoms with E-state index in [1.54, 1.807) is 24.3 Å². The molecule has 0 aliphatic carbocycles. The molecule has 1 amide bonds. The molecule has 0 aromatic heterocycles. The summed E-state index contributed by atoms with van der Waals surface area (Å²) in [5, 5.41) is 13.0. The SMILES string of the molecule is O=C([O-])CC1C(=O)Nc2ccccc21. The van der Waals surface area contributed by atoms with Crippen LogP contribution in [-0.2, 0) is 9.59 Å². The number of aliphatic carboxylic acids is 1. The summed E-state index contributed by atoms with van der Waals surface area (Å²) in [6.45, 7) is 0. The quantitative estimate of drug-likeness (QED) is 0.705. The number of carbonyl (C=O) groups excluding carboxylic acids is 2. The molecule has 0 bridgehead atoms. The Labute approximate surface area is 80.6 Å². The fraction of sp³-hybridized carbons (Fsp3) is 0.200. The first kappa shape index (κ1) is 8.74. The van der Waals surface area contributed by atoms with Crippen LogP contribution < -0.4 is 10.4 Å². The van der Waals surface area contributed by atoms with E-state index in [2.05, 4.69) is 5.32 Å². The molecule has 1 unspecified atom stereocenters. The van der Waals surface area contributed by atoms with Crippen molar-refractivity contribution in [2.75, 3.05) is 5.32 Å². The molecule has 4 nitrogen and oxygen atoms in total. The van der Waals surface area contributed by atoms with Gasteiger partial charge in [-0.15, -0.1) is 0 Å². The molecule has 0 radical (unpaired) electrons. The lowest BCUT2D eigenvalue weighted by Crippen LogP contribution is -2.26. The van der Waals surface area contributed by atoms with Crippen LogP contribution in [0.3, 0.4) is 0 Å². The Morgan fingerprint density at radius 2 is 2.14 bits per heavy atom. The van der Waals surface area contributed by atoms with Gasteiger partial charge in [0, 0.05) is 18.1 Å². The summed E-state index contributed by atoms with van der Waals surface area (Å²) in [6.07, 6.45) is -0.261. The van der Waals surface area contributed by atoms with E-state index in [9.17, 15) is 14.7 Å². The molecule has 1 N–H and O–H groups in total. The number of anilines is 1. The van der Waals surface area contributed by atoms with Crippen molar-refractivity contribution in [3.63, 3.8) is 0 Å². The maximum absolute atomic E-state index is 11.4. The smallest absolute Gasteiger partial charge is 0.232 e. The molecule has 0 saturated carbocycles. The van der Waals surface area contributed by atoms with E-state index in [4.69, 9.17) is 0 Å². The van der Waals surface area contributed by atoms with Crippen molar-refractivity contribution >= 4 is 17.6 Å². The molecule has 1 heterocycles. The van der Waals surface area contributed by atoms with Crippen molar-refractivity contribution in [1.82, 2.24) is 0 Å². The van der Waals surface area contributed by atoms with Gasteiger partial charge in [0.1, 0.15) is 0 Å². The number of rotatable bonds is 2. The summed E-state index contributed by atoms with van der Waals surface area (Å²) in [7, 11) is 0. The second-order valence-electron chi connectivity index (χ2n) is 3.21. The van der Waals surface area contributed by atoms with Gasteiger partial charge in [0.25, 0.3) is 0 Å². The lowest BCUT2D eigenvalue weighted by molar-refractivity contribution is -0.306. The van der Waals surface area contributed by atoms with Gasteiger partial charge in [-0.25, -0.2) is 0 Å². The Hall–Kier alpha value is -1.84. The van der Waals surface area contributed by atoms with E-state index in [1.807, 2.05) is 0 Å². The third kappa shape index (κ3) is 1.35. The Balaban J connectivity index is 2.34. The summed E-state index contributed by atoms with van der Waals surface area (Å²) >= 11 is 0. The Bertz CT molecular complexity index is 400. The summed E-state index contributed by atoms with van der Waals surface area (Å²) in [6, 6.07) is 7.07. The minimum atomic E-state index is -1.21. The first-order valence-corrected chi connectivity index (χ1v) is 4.28. The van der Waals surface area contributed by atoms with Crippen LogP contribution in [0.5, 0.6) is 0 Å². The average Bonchev–Trinajstić information content (AvgIpc) is 2.43. The van der Waals surface area contributed by atoms with Gasteiger partial charge in [-0.2, -0.15) is 0 Å². The van der Waals surface area contributed by atoms with Crippen LogP contribution in [0.1, 0.15) is 17.9 Å². The number of benzene rings is 1. The zero-order valence-electron chi connectivity index (χ0n) is 7.32. The van der Waals surface area contributed by atoms with Gasteiger partial charge in [0.05, 0.1) is 5.92 Å². The number of amides is 1. The van der Waals surface area contributed by atoms with Gasteiger partial charge in [-0.3, -0.25) is 4.79 Å². The highest BCUT2D eigenvalue weighted by Gasteiger charge is 2.29. The number of fused-ring (bicyclic) bond motifs is 1. The number of hydrogen-bond acceptors (Lipinski definition) is 3. The third-order valence-electron chi connectivity index (χ3n) is 2.28. The maximum atomic E-state index is 11.4. The monoisotopic (exact) mass is 190 g/mol. The van der Waals surface area contributed by atoms with Crippen molar-refractivity contribution in [3.05, 3.63) is 29.8 Å². The van der Waals surface area contributed by atoms with Crippen LogP contribution in [0.25, 0.3) is 0 Å². The highest BCUT2D eigenvalue weighted by molar-refractivity contribution is 6.04. The zero-order valence-corrected chi connectivity index (χ0v) is 7.32. The van der Waals surface area contributed by atoms with Gasteiger partial charge in [0.2, 0.25) is 5.91 Å². The number of carbonyl (C=O) groups is 2. The standard InChI is InChI=1S/C10H9NO3/c12-9(13)5-7-6-3-1-2-4-8(6)11-10(7)14/h1-4,7H,5H2,(H,11,14)(H,12,13)/p-1. The second-order valence-corrected chi connectivity index (χ2v) is 3.21. The van der Waals surface area contributed by atoms with Crippen LogP contribution in [0.15, 0.2) is 24.3 Å². The Kier molecular flexibility index (Phi) is 1.96. The molecule has 72 valence electrons. The van der Waals surface area contributed by atoms with Gasteiger partial charge >= 0.3 is 0 Å². The lowest BCUT2D eigenvalue weighted by atomic mass is 9.97. The first-order valence-electron chi connectivity index (χ1n) is 4.28. The van der Waals surface area contributed by atoms with Crippen LogP contribution in [0.2, 0.25) is 0 Å². The first-order chi connectivity index (χ1) is 6.68. The van der Waals surface area contributed by atoms with Gasteiger partial charge in [0.15, 0.2) is 0 Å². The highest BCUT2D eigenvalue weighted by atomic mass is 16.4. The molecule has 2 rings (SSSR count). The molecule has 14 heavy (non-hydrogen) atoms. The van der Waals surface area contributed by atoms with E-state index in [1.165, 1.54) is 0 Å². The number of nitrogens with one attached hydrogen (secondary N) is 1. The van der Waals surface area contributed by atoms with Crippen molar-refractivity contribution in [3.8, 4) is 0 Å². The van der Waals surface area contributed by atoms with E-state index in [0.717, 1.165) is 5.56 Å².